The summed E-state index contributed by atoms with van der Waals surface area (Å²) < 4.78 is 7.39. The number of hydrogen-bond acceptors (Lipinski definition) is 3. The van der Waals surface area contributed by atoms with Crippen molar-refractivity contribution in [2.75, 3.05) is 0 Å². The smallest absolute Gasteiger partial charge is 0.169 e. The van der Waals surface area contributed by atoms with Crippen molar-refractivity contribution in [1.29, 1.82) is 0 Å². The summed E-state index contributed by atoms with van der Waals surface area (Å²) in [6, 6.07) is 16.9. The highest BCUT2D eigenvalue weighted by Gasteiger charge is 2.05. The van der Waals surface area contributed by atoms with Crippen molar-refractivity contribution < 1.29 is 9.84 Å². The second-order valence-electron chi connectivity index (χ2n) is 4.43. The Morgan fingerprint density at radius 3 is 2.55 bits per heavy atom. The van der Waals surface area contributed by atoms with Crippen LogP contribution in [0.15, 0.2) is 67.0 Å². The average molecular weight is 266 g/mol. The molecular formula is C16H14N2O2. The molecule has 0 amide bonds. The SMILES string of the molecule is Oc1ccccc1Oc1cnn(Cc2ccccc2)c1. The zero-order valence-electron chi connectivity index (χ0n) is 10.8. The van der Waals surface area contributed by atoms with Crippen molar-refractivity contribution in [3.05, 3.63) is 72.6 Å². The number of ether oxygens (including phenoxy) is 1. The standard InChI is InChI=1S/C16H14N2O2/c19-15-8-4-5-9-16(15)20-14-10-17-18(12-14)11-13-6-2-1-3-7-13/h1-10,12,19H,11H2. The summed E-state index contributed by atoms with van der Waals surface area (Å²) in [6.45, 7) is 0.685. The highest BCUT2D eigenvalue weighted by molar-refractivity contribution is 5.40. The van der Waals surface area contributed by atoms with Crippen LogP contribution in [0.5, 0.6) is 17.2 Å². The molecule has 0 atom stereocenters. The fraction of sp³-hybridized carbons (Fsp3) is 0.0625. The third kappa shape index (κ3) is 2.80. The number of hydrogen-bond donors (Lipinski definition) is 1. The van der Waals surface area contributed by atoms with Crippen LogP contribution in [0.3, 0.4) is 0 Å². The molecule has 0 aliphatic heterocycles. The van der Waals surface area contributed by atoms with Crippen molar-refractivity contribution >= 4 is 0 Å². The van der Waals surface area contributed by atoms with Crippen LogP contribution < -0.4 is 4.74 Å². The number of aromatic hydroxyl groups is 1. The summed E-state index contributed by atoms with van der Waals surface area (Å²) in [6.07, 6.45) is 3.44. The van der Waals surface area contributed by atoms with Crippen LogP contribution >= 0.6 is 0 Å². The molecule has 0 fully saturated rings. The van der Waals surface area contributed by atoms with Gasteiger partial charge in [-0.2, -0.15) is 5.10 Å². The van der Waals surface area contributed by atoms with Crippen molar-refractivity contribution in [3.8, 4) is 17.2 Å². The van der Waals surface area contributed by atoms with Crippen molar-refractivity contribution in [2.24, 2.45) is 0 Å². The van der Waals surface area contributed by atoms with Crippen LogP contribution in [0.4, 0.5) is 0 Å². The third-order valence-electron chi connectivity index (χ3n) is 2.89. The van der Waals surface area contributed by atoms with Gasteiger partial charge in [-0.1, -0.05) is 42.5 Å². The first kappa shape index (κ1) is 12.3. The van der Waals surface area contributed by atoms with E-state index in [-0.39, 0.29) is 5.75 Å². The van der Waals surface area contributed by atoms with E-state index in [1.165, 1.54) is 5.56 Å². The number of rotatable bonds is 4. The second kappa shape index (κ2) is 5.48. The molecule has 0 saturated carbocycles. The Morgan fingerprint density at radius 2 is 1.75 bits per heavy atom. The van der Waals surface area contributed by atoms with E-state index < -0.39 is 0 Å². The van der Waals surface area contributed by atoms with Crippen molar-refractivity contribution in [2.45, 2.75) is 6.54 Å². The predicted octanol–water partition coefficient (Wildman–Crippen LogP) is 3.43. The number of benzene rings is 2. The first-order chi connectivity index (χ1) is 9.81. The van der Waals surface area contributed by atoms with E-state index in [0.29, 0.717) is 18.0 Å². The predicted molar refractivity (Wildman–Crippen MR) is 76.0 cm³/mol. The molecule has 0 unspecified atom stereocenters. The Bertz CT molecular complexity index is 692. The lowest BCUT2D eigenvalue weighted by Gasteiger charge is -2.04. The molecule has 20 heavy (non-hydrogen) atoms. The minimum Gasteiger partial charge on any atom is -0.504 e. The van der Waals surface area contributed by atoms with Crippen LogP contribution in [0.2, 0.25) is 0 Å². The highest BCUT2D eigenvalue weighted by Crippen LogP contribution is 2.29. The molecule has 4 nitrogen and oxygen atoms in total. The summed E-state index contributed by atoms with van der Waals surface area (Å²) in [4.78, 5) is 0. The van der Waals surface area contributed by atoms with Crippen molar-refractivity contribution in [3.63, 3.8) is 0 Å². The van der Waals surface area contributed by atoms with Gasteiger partial charge >= 0.3 is 0 Å². The van der Waals surface area contributed by atoms with E-state index in [1.807, 2.05) is 36.4 Å². The van der Waals surface area contributed by atoms with Gasteiger partial charge in [0.2, 0.25) is 0 Å². The van der Waals surface area contributed by atoms with Gasteiger partial charge in [0.25, 0.3) is 0 Å². The molecule has 0 aliphatic rings. The van der Waals surface area contributed by atoms with Gasteiger partial charge in [-0.15, -0.1) is 0 Å². The minimum atomic E-state index is 0.114. The summed E-state index contributed by atoms with van der Waals surface area (Å²) in [5.41, 5.74) is 1.17. The maximum Gasteiger partial charge on any atom is 0.169 e. The summed E-state index contributed by atoms with van der Waals surface area (Å²) in [7, 11) is 0. The van der Waals surface area contributed by atoms with Gasteiger partial charge in [0.05, 0.1) is 18.9 Å². The van der Waals surface area contributed by atoms with E-state index in [2.05, 4.69) is 5.10 Å². The summed E-state index contributed by atoms with van der Waals surface area (Å²) in [5.74, 6) is 1.14. The first-order valence-corrected chi connectivity index (χ1v) is 6.33. The van der Waals surface area contributed by atoms with Crippen LogP contribution in [0, 0.1) is 0 Å². The van der Waals surface area contributed by atoms with Gasteiger partial charge in [0, 0.05) is 0 Å². The van der Waals surface area contributed by atoms with E-state index >= 15 is 0 Å². The lowest BCUT2D eigenvalue weighted by molar-refractivity contribution is 0.411. The molecule has 4 heteroatoms. The molecule has 0 aliphatic carbocycles. The fourth-order valence-electron chi connectivity index (χ4n) is 1.92. The molecule has 100 valence electrons. The normalized spacial score (nSPS) is 10.4. The molecule has 0 radical (unpaired) electrons. The Labute approximate surface area is 116 Å². The zero-order chi connectivity index (χ0) is 13.8. The Balaban J connectivity index is 1.73. The Kier molecular flexibility index (Phi) is 3.37. The number of aromatic nitrogens is 2. The zero-order valence-corrected chi connectivity index (χ0v) is 10.8. The van der Waals surface area contributed by atoms with E-state index in [9.17, 15) is 5.11 Å². The Morgan fingerprint density at radius 1 is 1.00 bits per heavy atom. The summed E-state index contributed by atoms with van der Waals surface area (Å²) >= 11 is 0. The largest absolute Gasteiger partial charge is 0.504 e. The molecule has 0 saturated heterocycles. The average Bonchev–Trinajstić information content (AvgIpc) is 2.90. The maximum atomic E-state index is 9.66. The molecule has 1 heterocycles. The Hall–Kier alpha value is -2.75. The molecule has 0 bridgehead atoms. The van der Waals surface area contributed by atoms with Crippen LogP contribution in [-0.2, 0) is 6.54 Å². The first-order valence-electron chi connectivity index (χ1n) is 6.33. The van der Waals surface area contributed by atoms with Gasteiger partial charge in [-0.25, -0.2) is 0 Å². The lowest BCUT2D eigenvalue weighted by Crippen LogP contribution is -1.99. The van der Waals surface area contributed by atoms with Gasteiger partial charge < -0.3 is 9.84 Å². The fourth-order valence-corrected chi connectivity index (χ4v) is 1.92. The molecule has 3 aromatic rings. The molecule has 2 aromatic carbocycles. The lowest BCUT2D eigenvalue weighted by atomic mass is 10.2. The molecule has 3 rings (SSSR count). The molecule has 1 N–H and O–H groups in total. The third-order valence-corrected chi connectivity index (χ3v) is 2.89. The topological polar surface area (TPSA) is 47.3 Å². The van der Waals surface area contributed by atoms with E-state index in [0.717, 1.165) is 0 Å². The monoisotopic (exact) mass is 266 g/mol. The maximum absolute atomic E-state index is 9.66. The number of phenols is 1. The quantitative estimate of drug-likeness (QED) is 0.787. The van der Waals surface area contributed by atoms with E-state index in [1.54, 1.807) is 35.3 Å². The highest BCUT2D eigenvalue weighted by atomic mass is 16.5. The van der Waals surface area contributed by atoms with Gasteiger partial charge in [-0.05, 0) is 17.7 Å². The molecule has 1 aromatic heterocycles. The van der Waals surface area contributed by atoms with Crippen LogP contribution in [0.1, 0.15) is 5.56 Å². The van der Waals surface area contributed by atoms with Crippen LogP contribution in [-0.4, -0.2) is 14.9 Å². The minimum absolute atomic E-state index is 0.114. The number of phenolic OH excluding ortho intramolecular Hbond substituents is 1. The van der Waals surface area contributed by atoms with Gasteiger partial charge in [0.15, 0.2) is 17.2 Å². The van der Waals surface area contributed by atoms with E-state index in [4.69, 9.17) is 4.74 Å². The summed E-state index contributed by atoms with van der Waals surface area (Å²) in [5, 5.41) is 13.9. The number of para-hydroxylation sites is 2. The number of nitrogens with zero attached hydrogens (tertiary/aromatic N) is 2. The molecular weight excluding hydrogens is 252 g/mol. The molecule has 0 spiro atoms. The van der Waals surface area contributed by atoms with Gasteiger partial charge in [0.1, 0.15) is 0 Å². The van der Waals surface area contributed by atoms with Gasteiger partial charge in [-0.3, -0.25) is 4.68 Å². The van der Waals surface area contributed by atoms with Crippen LogP contribution in [0.25, 0.3) is 0 Å². The van der Waals surface area contributed by atoms with Crippen molar-refractivity contribution in [1.82, 2.24) is 9.78 Å². The second-order valence-corrected chi connectivity index (χ2v) is 4.43.